The predicted molar refractivity (Wildman–Crippen MR) is 57.1 cm³/mol. The molecule has 0 N–H and O–H groups in total. The molecule has 0 amide bonds. The van der Waals surface area contributed by atoms with Crippen LogP contribution in [-0.4, -0.2) is 24.1 Å². The first kappa shape index (κ1) is 10.4. The number of rotatable bonds is 4. The van der Waals surface area contributed by atoms with Crippen LogP contribution in [0.3, 0.4) is 0 Å². The summed E-state index contributed by atoms with van der Waals surface area (Å²) in [6.45, 7) is 2.20. The first-order valence-corrected chi connectivity index (χ1v) is 4.48. The van der Waals surface area contributed by atoms with Crippen LogP contribution < -0.4 is 0 Å². The Morgan fingerprint density at radius 3 is 2.64 bits per heavy atom. The zero-order valence-corrected chi connectivity index (χ0v) is 8.47. The normalized spacial score (nSPS) is 10.4. The molecule has 74 valence electrons. The number of hydrazone groups is 1. The van der Waals surface area contributed by atoms with Gasteiger partial charge in [0.2, 0.25) is 0 Å². The van der Waals surface area contributed by atoms with Crippen LogP contribution in [-0.2, 0) is 11.3 Å². The van der Waals surface area contributed by atoms with Crippen molar-refractivity contribution >= 4 is 12.0 Å². The van der Waals surface area contributed by atoms with Crippen molar-refractivity contribution in [1.29, 1.82) is 0 Å². The molecule has 1 aromatic carbocycles. The molecule has 0 saturated heterocycles. The first-order chi connectivity index (χ1) is 6.68. The molecule has 0 heterocycles. The van der Waals surface area contributed by atoms with Crippen molar-refractivity contribution in [3.05, 3.63) is 35.9 Å². The molecule has 1 aromatic rings. The number of hydrogen-bond donors (Lipinski definition) is 0. The summed E-state index contributed by atoms with van der Waals surface area (Å²) in [6, 6.07) is 10.00. The van der Waals surface area contributed by atoms with Crippen LogP contribution >= 0.6 is 0 Å². The molecular weight excluding hydrogens is 176 g/mol. The highest BCUT2D eigenvalue weighted by Crippen LogP contribution is 2.01. The lowest BCUT2D eigenvalue weighted by Gasteiger charge is -2.11. The van der Waals surface area contributed by atoms with Crippen molar-refractivity contribution in [2.24, 2.45) is 5.10 Å². The monoisotopic (exact) mass is 190 g/mol. The Hall–Kier alpha value is -1.64. The highest BCUT2D eigenvalue weighted by atomic mass is 16.1. The Morgan fingerprint density at radius 2 is 2.07 bits per heavy atom. The predicted octanol–water partition coefficient (Wildman–Crippen LogP) is 1.69. The third-order valence-corrected chi connectivity index (χ3v) is 1.69. The summed E-state index contributed by atoms with van der Waals surface area (Å²) >= 11 is 0. The maximum Gasteiger partial charge on any atom is 0.172 e. The maximum atomic E-state index is 10.6. The molecule has 0 aliphatic carbocycles. The fourth-order valence-electron chi connectivity index (χ4n) is 1.07. The molecule has 3 heteroatoms. The van der Waals surface area contributed by atoms with Crippen molar-refractivity contribution in [1.82, 2.24) is 5.01 Å². The summed E-state index contributed by atoms with van der Waals surface area (Å²) in [5, 5.41) is 5.71. The molecule has 0 aliphatic heterocycles. The van der Waals surface area contributed by atoms with Gasteiger partial charge < -0.3 is 0 Å². The minimum atomic E-state index is -0.0371. The smallest absolute Gasteiger partial charge is 0.172 e. The number of ketones is 1. The summed E-state index contributed by atoms with van der Waals surface area (Å²) in [6.07, 6.45) is 1.32. The highest BCUT2D eigenvalue weighted by molar-refractivity contribution is 6.26. The number of carbonyl (C=O) groups is 1. The summed E-state index contributed by atoms with van der Waals surface area (Å²) in [5.41, 5.74) is 1.18. The van der Waals surface area contributed by atoms with Crippen molar-refractivity contribution < 1.29 is 4.79 Å². The van der Waals surface area contributed by atoms with Gasteiger partial charge in [0.15, 0.2) is 5.78 Å². The van der Waals surface area contributed by atoms with E-state index in [0.717, 1.165) is 0 Å². The molecule has 3 nitrogen and oxygen atoms in total. The summed E-state index contributed by atoms with van der Waals surface area (Å²) < 4.78 is 0. The standard InChI is InChI=1S/C11H14N2O/c1-10(14)8-12-13(2)9-11-6-4-3-5-7-11/h3-8H,9H2,1-2H3/b12-8+. The van der Waals surface area contributed by atoms with Gasteiger partial charge in [-0.3, -0.25) is 9.80 Å². The number of nitrogens with zero attached hydrogens (tertiary/aromatic N) is 2. The summed E-state index contributed by atoms with van der Waals surface area (Å²) in [4.78, 5) is 10.6. The van der Waals surface area contributed by atoms with Gasteiger partial charge in [0.05, 0.1) is 12.8 Å². The second-order valence-corrected chi connectivity index (χ2v) is 3.16. The highest BCUT2D eigenvalue weighted by Gasteiger charge is 1.94. The summed E-state index contributed by atoms with van der Waals surface area (Å²) in [5.74, 6) is -0.0371. The lowest BCUT2D eigenvalue weighted by molar-refractivity contribution is -0.110. The molecule has 0 aliphatic rings. The molecule has 1 rings (SSSR count). The van der Waals surface area contributed by atoms with Gasteiger partial charge in [-0.1, -0.05) is 30.3 Å². The Bertz CT molecular complexity index is 319. The Labute approximate surface area is 84.0 Å². The van der Waals surface area contributed by atoms with Gasteiger partial charge in [-0.15, -0.1) is 0 Å². The van der Waals surface area contributed by atoms with Crippen molar-refractivity contribution in [3.8, 4) is 0 Å². The van der Waals surface area contributed by atoms with Gasteiger partial charge in [-0.2, -0.15) is 5.10 Å². The van der Waals surface area contributed by atoms with Gasteiger partial charge in [0, 0.05) is 14.0 Å². The van der Waals surface area contributed by atoms with Gasteiger partial charge >= 0.3 is 0 Å². The Morgan fingerprint density at radius 1 is 1.43 bits per heavy atom. The van der Waals surface area contributed by atoms with E-state index in [1.54, 1.807) is 5.01 Å². The number of hydrogen-bond acceptors (Lipinski definition) is 3. The molecular formula is C11H14N2O. The molecule has 0 saturated carbocycles. The van der Waals surface area contributed by atoms with Crippen LogP contribution in [0.1, 0.15) is 12.5 Å². The molecule has 14 heavy (non-hydrogen) atoms. The minimum absolute atomic E-state index is 0.0371. The molecule has 0 bridgehead atoms. The molecule has 0 aromatic heterocycles. The maximum absolute atomic E-state index is 10.6. The molecule has 0 unspecified atom stereocenters. The third kappa shape index (κ3) is 3.85. The SMILES string of the molecule is CC(=O)/C=N/N(C)Cc1ccccc1. The van der Waals surface area contributed by atoms with Gasteiger partial charge in [-0.05, 0) is 5.56 Å². The molecule has 0 radical (unpaired) electrons. The first-order valence-electron chi connectivity index (χ1n) is 4.48. The molecule has 0 atom stereocenters. The second kappa shape index (κ2) is 5.17. The average Bonchev–Trinajstić information content (AvgIpc) is 2.16. The topological polar surface area (TPSA) is 32.7 Å². The fourth-order valence-corrected chi connectivity index (χ4v) is 1.07. The third-order valence-electron chi connectivity index (χ3n) is 1.69. The van der Waals surface area contributed by atoms with Crippen LogP contribution in [0.25, 0.3) is 0 Å². The van der Waals surface area contributed by atoms with E-state index in [0.29, 0.717) is 6.54 Å². The van der Waals surface area contributed by atoms with E-state index in [-0.39, 0.29) is 5.78 Å². The van der Waals surface area contributed by atoms with Crippen LogP contribution in [0, 0.1) is 0 Å². The zero-order valence-electron chi connectivity index (χ0n) is 8.47. The largest absolute Gasteiger partial charge is 0.296 e. The van der Waals surface area contributed by atoms with E-state index in [1.165, 1.54) is 18.7 Å². The average molecular weight is 190 g/mol. The number of benzene rings is 1. The van der Waals surface area contributed by atoms with Crippen molar-refractivity contribution in [2.75, 3.05) is 7.05 Å². The van der Waals surface area contributed by atoms with Crippen LogP contribution in [0.15, 0.2) is 35.4 Å². The minimum Gasteiger partial charge on any atom is -0.296 e. The van der Waals surface area contributed by atoms with E-state index in [4.69, 9.17) is 0 Å². The van der Waals surface area contributed by atoms with E-state index in [2.05, 4.69) is 5.10 Å². The van der Waals surface area contributed by atoms with E-state index < -0.39 is 0 Å². The molecule has 0 spiro atoms. The van der Waals surface area contributed by atoms with Crippen LogP contribution in [0.5, 0.6) is 0 Å². The van der Waals surface area contributed by atoms with E-state index >= 15 is 0 Å². The number of Topliss-reactive ketones (excluding diaryl/α,β-unsaturated/α-hetero) is 1. The number of carbonyl (C=O) groups excluding carboxylic acids is 1. The van der Waals surface area contributed by atoms with Crippen LogP contribution in [0.4, 0.5) is 0 Å². The fraction of sp³-hybridized carbons (Fsp3) is 0.273. The van der Waals surface area contributed by atoms with Gasteiger partial charge in [-0.25, -0.2) is 0 Å². The lowest BCUT2D eigenvalue weighted by Crippen LogP contribution is -2.11. The summed E-state index contributed by atoms with van der Waals surface area (Å²) in [7, 11) is 1.84. The van der Waals surface area contributed by atoms with Gasteiger partial charge in [0.25, 0.3) is 0 Å². The van der Waals surface area contributed by atoms with Crippen molar-refractivity contribution in [2.45, 2.75) is 13.5 Å². The molecule has 0 fully saturated rings. The zero-order chi connectivity index (χ0) is 10.4. The second-order valence-electron chi connectivity index (χ2n) is 3.16. The lowest BCUT2D eigenvalue weighted by atomic mass is 10.2. The Kier molecular flexibility index (Phi) is 3.85. The van der Waals surface area contributed by atoms with E-state index in [9.17, 15) is 4.79 Å². The Balaban J connectivity index is 2.49. The van der Waals surface area contributed by atoms with Crippen LogP contribution in [0.2, 0.25) is 0 Å². The van der Waals surface area contributed by atoms with E-state index in [1.807, 2.05) is 37.4 Å². The van der Waals surface area contributed by atoms with Gasteiger partial charge in [0.1, 0.15) is 0 Å². The quantitative estimate of drug-likeness (QED) is 0.534. The van der Waals surface area contributed by atoms with Crippen molar-refractivity contribution in [3.63, 3.8) is 0 Å².